The van der Waals surface area contributed by atoms with Crippen LogP contribution < -0.4 is 5.32 Å². The number of carbonyl (C=O) groups is 2. The molecule has 1 N–H and O–H groups in total. The molecule has 4 heteroatoms. The van der Waals surface area contributed by atoms with E-state index in [0.29, 0.717) is 12.1 Å². The number of anilines is 1. The molecule has 4 nitrogen and oxygen atoms in total. The Morgan fingerprint density at radius 2 is 1.55 bits per heavy atom. The predicted molar refractivity (Wildman–Crippen MR) is 84.6 cm³/mol. The zero-order chi connectivity index (χ0) is 15.1. The van der Waals surface area contributed by atoms with Gasteiger partial charge in [0.05, 0.1) is 0 Å². The average molecular weight is 298 g/mol. The maximum atomic E-state index is 12.8. The lowest BCUT2D eigenvalue weighted by atomic mass is 10.0. The number of nitrogens with one attached hydrogen (secondary N) is 1. The van der Waals surface area contributed by atoms with Gasteiger partial charge in [0.1, 0.15) is 0 Å². The van der Waals surface area contributed by atoms with Gasteiger partial charge in [-0.2, -0.15) is 0 Å². The van der Waals surface area contributed by atoms with Gasteiger partial charge >= 0.3 is 0 Å². The van der Waals surface area contributed by atoms with Crippen LogP contribution in [0.3, 0.4) is 0 Å². The Hall–Kier alpha value is -1.84. The van der Waals surface area contributed by atoms with Crippen molar-refractivity contribution in [3.63, 3.8) is 0 Å². The Morgan fingerprint density at radius 3 is 2.14 bits per heavy atom. The molecule has 0 aromatic heterocycles. The number of amides is 2. The van der Waals surface area contributed by atoms with E-state index in [9.17, 15) is 9.59 Å². The van der Waals surface area contributed by atoms with Crippen LogP contribution in [-0.4, -0.2) is 28.8 Å². The number of hydrogen-bond acceptors (Lipinski definition) is 2. The number of benzene rings is 1. The maximum absolute atomic E-state index is 12.8. The Bertz CT molecular complexity index is 576. The minimum atomic E-state index is 0.105. The summed E-state index contributed by atoms with van der Waals surface area (Å²) in [7, 11) is 0. The van der Waals surface area contributed by atoms with Crippen LogP contribution in [0, 0.1) is 5.92 Å². The van der Waals surface area contributed by atoms with E-state index in [2.05, 4.69) is 10.2 Å². The van der Waals surface area contributed by atoms with Crippen molar-refractivity contribution in [3.05, 3.63) is 29.8 Å². The van der Waals surface area contributed by atoms with E-state index in [-0.39, 0.29) is 17.7 Å². The lowest BCUT2D eigenvalue weighted by Gasteiger charge is -2.34. The summed E-state index contributed by atoms with van der Waals surface area (Å²) in [6.07, 6.45) is 7.87. The summed E-state index contributed by atoms with van der Waals surface area (Å²) in [6, 6.07) is 8.28. The Morgan fingerprint density at radius 1 is 0.909 bits per heavy atom. The van der Waals surface area contributed by atoms with Crippen LogP contribution >= 0.6 is 0 Å². The van der Waals surface area contributed by atoms with Gasteiger partial charge in [-0.3, -0.25) is 9.59 Å². The fraction of sp³-hybridized carbons (Fsp3) is 0.556. The first-order valence-corrected chi connectivity index (χ1v) is 8.46. The third-order valence-electron chi connectivity index (χ3n) is 5.28. The summed E-state index contributed by atoms with van der Waals surface area (Å²) in [5.74, 6) is 0.464. The first kappa shape index (κ1) is 13.8. The van der Waals surface area contributed by atoms with Gasteiger partial charge in [-0.25, -0.2) is 0 Å². The minimum absolute atomic E-state index is 0.105. The topological polar surface area (TPSA) is 49.4 Å². The van der Waals surface area contributed by atoms with Crippen molar-refractivity contribution in [2.75, 3.05) is 5.32 Å². The zero-order valence-corrected chi connectivity index (χ0v) is 12.8. The molecule has 4 rings (SSSR count). The van der Waals surface area contributed by atoms with Crippen LogP contribution in [0.5, 0.6) is 0 Å². The van der Waals surface area contributed by atoms with Crippen molar-refractivity contribution in [2.24, 2.45) is 5.92 Å². The number of carbonyl (C=O) groups excluding carboxylic acids is 2. The van der Waals surface area contributed by atoms with Gasteiger partial charge < -0.3 is 10.2 Å². The number of rotatable bonds is 3. The van der Waals surface area contributed by atoms with E-state index < -0.39 is 0 Å². The Kier molecular flexibility index (Phi) is 3.40. The van der Waals surface area contributed by atoms with Gasteiger partial charge in [-0.05, 0) is 69.2 Å². The number of fused-ring (bicyclic) bond motifs is 2. The molecule has 3 aliphatic rings. The van der Waals surface area contributed by atoms with Gasteiger partial charge in [-0.15, -0.1) is 0 Å². The molecule has 0 spiro atoms. The highest BCUT2D eigenvalue weighted by Gasteiger charge is 2.39. The number of hydrogen-bond donors (Lipinski definition) is 1. The van der Waals surface area contributed by atoms with E-state index >= 15 is 0 Å². The Labute approximate surface area is 130 Å². The SMILES string of the molecule is O=C(Nc1ccc(C(=O)N2C3CCCC2CC3)cc1)C1CC1. The fourth-order valence-corrected chi connectivity index (χ4v) is 3.88. The summed E-state index contributed by atoms with van der Waals surface area (Å²) in [6.45, 7) is 0. The zero-order valence-electron chi connectivity index (χ0n) is 12.8. The number of piperidine rings is 1. The molecule has 1 aromatic rings. The molecule has 1 aromatic carbocycles. The second-order valence-corrected chi connectivity index (χ2v) is 6.87. The smallest absolute Gasteiger partial charge is 0.254 e. The fourth-order valence-electron chi connectivity index (χ4n) is 3.88. The normalized spacial score (nSPS) is 26.8. The summed E-state index contributed by atoms with van der Waals surface area (Å²) in [4.78, 5) is 26.6. The second kappa shape index (κ2) is 5.41. The average Bonchev–Trinajstić information content (AvgIpc) is 3.34. The second-order valence-electron chi connectivity index (χ2n) is 6.87. The van der Waals surface area contributed by atoms with E-state index in [4.69, 9.17) is 0 Å². The summed E-state index contributed by atoms with van der Waals surface area (Å²) in [5.41, 5.74) is 1.53. The molecule has 2 amide bonds. The highest BCUT2D eigenvalue weighted by molar-refractivity contribution is 5.97. The lowest BCUT2D eigenvalue weighted by Crippen LogP contribution is -2.43. The van der Waals surface area contributed by atoms with Crippen molar-refractivity contribution in [1.29, 1.82) is 0 Å². The van der Waals surface area contributed by atoms with Gasteiger partial charge in [0.15, 0.2) is 0 Å². The molecule has 2 saturated heterocycles. The van der Waals surface area contributed by atoms with Crippen LogP contribution in [0.2, 0.25) is 0 Å². The van der Waals surface area contributed by atoms with Crippen LogP contribution in [0.25, 0.3) is 0 Å². The van der Waals surface area contributed by atoms with Gasteiger partial charge in [0.25, 0.3) is 5.91 Å². The standard InChI is InChI=1S/C18H22N2O2/c21-17(12-4-5-12)19-14-8-6-13(7-9-14)18(22)20-15-2-1-3-16(20)11-10-15/h6-9,12,15-16H,1-5,10-11H2,(H,19,21). The van der Waals surface area contributed by atoms with Crippen molar-refractivity contribution >= 4 is 17.5 Å². The van der Waals surface area contributed by atoms with Crippen molar-refractivity contribution in [1.82, 2.24) is 4.90 Å². The van der Waals surface area contributed by atoms with Crippen molar-refractivity contribution < 1.29 is 9.59 Å². The molecule has 2 aliphatic heterocycles. The Balaban J connectivity index is 1.46. The third-order valence-corrected chi connectivity index (χ3v) is 5.28. The third kappa shape index (κ3) is 2.51. The summed E-state index contributed by atoms with van der Waals surface area (Å²) < 4.78 is 0. The monoisotopic (exact) mass is 298 g/mol. The molecule has 1 saturated carbocycles. The molecular weight excluding hydrogens is 276 g/mol. The molecule has 1 aliphatic carbocycles. The molecule has 2 unspecified atom stereocenters. The van der Waals surface area contributed by atoms with E-state index in [0.717, 1.165) is 49.8 Å². The van der Waals surface area contributed by atoms with Crippen LogP contribution in [0.1, 0.15) is 55.3 Å². The van der Waals surface area contributed by atoms with Crippen LogP contribution in [0.15, 0.2) is 24.3 Å². The van der Waals surface area contributed by atoms with E-state index in [1.54, 1.807) is 0 Å². The molecule has 3 fully saturated rings. The van der Waals surface area contributed by atoms with Crippen LogP contribution in [0.4, 0.5) is 5.69 Å². The molecule has 2 atom stereocenters. The van der Waals surface area contributed by atoms with Gasteiger partial charge in [0.2, 0.25) is 5.91 Å². The van der Waals surface area contributed by atoms with E-state index in [1.807, 2.05) is 24.3 Å². The molecular formula is C18H22N2O2. The van der Waals surface area contributed by atoms with E-state index in [1.165, 1.54) is 6.42 Å². The quantitative estimate of drug-likeness (QED) is 0.931. The summed E-state index contributed by atoms with van der Waals surface area (Å²) in [5, 5.41) is 2.92. The molecule has 0 radical (unpaired) electrons. The van der Waals surface area contributed by atoms with Crippen molar-refractivity contribution in [3.8, 4) is 0 Å². The highest BCUT2D eigenvalue weighted by atomic mass is 16.2. The maximum Gasteiger partial charge on any atom is 0.254 e. The molecule has 22 heavy (non-hydrogen) atoms. The minimum Gasteiger partial charge on any atom is -0.333 e. The first-order chi connectivity index (χ1) is 10.7. The highest BCUT2D eigenvalue weighted by Crippen LogP contribution is 2.36. The van der Waals surface area contributed by atoms with Gasteiger partial charge in [0, 0.05) is 29.3 Å². The lowest BCUT2D eigenvalue weighted by molar-refractivity contribution is -0.117. The first-order valence-electron chi connectivity index (χ1n) is 8.46. The molecule has 2 bridgehead atoms. The molecule has 2 heterocycles. The van der Waals surface area contributed by atoms with Crippen LogP contribution in [-0.2, 0) is 4.79 Å². The summed E-state index contributed by atoms with van der Waals surface area (Å²) >= 11 is 0. The van der Waals surface area contributed by atoms with Gasteiger partial charge in [-0.1, -0.05) is 0 Å². The number of nitrogens with zero attached hydrogens (tertiary/aromatic N) is 1. The predicted octanol–water partition coefficient (Wildman–Crippen LogP) is 3.19. The van der Waals surface area contributed by atoms with Crippen molar-refractivity contribution in [2.45, 2.75) is 57.0 Å². The molecule has 116 valence electrons. The largest absolute Gasteiger partial charge is 0.333 e.